The van der Waals surface area contributed by atoms with Crippen molar-refractivity contribution in [2.45, 2.75) is 11.8 Å². The summed E-state index contributed by atoms with van der Waals surface area (Å²) in [4.78, 5) is 1.13. The number of benzene rings is 2. The molecular weight excluding hydrogens is 233 g/mol. The average Bonchev–Trinajstić information content (AvgIpc) is 2.34. The van der Waals surface area contributed by atoms with Crippen molar-refractivity contribution in [3.8, 4) is 0 Å². The first-order chi connectivity index (χ1) is 8.25. The molecule has 2 rings (SSSR count). The highest BCUT2D eigenvalue weighted by Gasteiger charge is 1.95. The quantitative estimate of drug-likeness (QED) is 0.581. The maximum absolute atomic E-state index is 12.7. The summed E-state index contributed by atoms with van der Waals surface area (Å²) in [5.74, 6) is -0.228. The van der Waals surface area contributed by atoms with Crippen LogP contribution in [0.1, 0.15) is 11.1 Å². The zero-order valence-electron chi connectivity index (χ0n) is 9.43. The fourth-order valence-electron chi connectivity index (χ4n) is 1.35. The van der Waals surface area contributed by atoms with Crippen molar-refractivity contribution in [3.05, 3.63) is 65.5 Å². The van der Waals surface area contributed by atoms with E-state index in [0.717, 1.165) is 10.5 Å². The highest BCUT2D eigenvalue weighted by Crippen LogP contribution is 2.22. The molecule has 0 spiro atoms. The van der Waals surface area contributed by atoms with Gasteiger partial charge >= 0.3 is 0 Å². The molecule has 0 heterocycles. The van der Waals surface area contributed by atoms with Crippen LogP contribution in [0.3, 0.4) is 0 Å². The Labute approximate surface area is 105 Å². The van der Waals surface area contributed by atoms with Crippen LogP contribution in [0, 0.1) is 12.7 Å². The van der Waals surface area contributed by atoms with E-state index in [0.29, 0.717) is 0 Å². The van der Waals surface area contributed by atoms with Crippen molar-refractivity contribution in [1.29, 1.82) is 0 Å². The van der Waals surface area contributed by atoms with Gasteiger partial charge < -0.3 is 0 Å². The number of hydrogen-bond donors (Lipinski definition) is 0. The van der Waals surface area contributed by atoms with Gasteiger partial charge in [0.05, 0.1) is 0 Å². The van der Waals surface area contributed by atoms with Gasteiger partial charge in [-0.3, -0.25) is 0 Å². The van der Waals surface area contributed by atoms with Crippen LogP contribution >= 0.6 is 11.9 Å². The smallest absolute Gasteiger partial charge is 0.123 e. The molecule has 0 saturated carbocycles. The minimum atomic E-state index is -0.228. The van der Waals surface area contributed by atoms with Gasteiger partial charge in [-0.25, -0.2) is 8.79 Å². The summed E-state index contributed by atoms with van der Waals surface area (Å²) in [6, 6.07) is 14.3. The van der Waals surface area contributed by atoms with Crippen molar-refractivity contribution < 1.29 is 4.39 Å². The van der Waals surface area contributed by atoms with E-state index in [1.807, 2.05) is 18.2 Å². The van der Waals surface area contributed by atoms with Crippen molar-refractivity contribution in [1.82, 2.24) is 0 Å². The summed E-state index contributed by atoms with van der Waals surface area (Å²) < 4.78 is 16.9. The van der Waals surface area contributed by atoms with Crippen LogP contribution in [0.25, 0.3) is 0 Å². The molecule has 0 unspecified atom stereocenters. The van der Waals surface area contributed by atoms with E-state index in [4.69, 9.17) is 0 Å². The molecule has 3 heteroatoms. The highest BCUT2D eigenvalue weighted by atomic mass is 32.2. The van der Waals surface area contributed by atoms with E-state index in [9.17, 15) is 4.39 Å². The van der Waals surface area contributed by atoms with Crippen LogP contribution in [0.15, 0.2) is 57.8 Å². The van der Waals surface area contributed by atoms with Crippen molar-refractivity contribution in [2.75, 3.05) is 0 Å². The van der Waals surface area contributed by atoms with Crippen LogP contribution in [0.5, 0.6) is 0 Å². The molecule has 2 aromatic carbocycles. The molecule has 0 aliphatic rings. The van der Waals surface area contributed by atoms with Gasteiger partial charge in [0.15, 0.2) is 0 Å². The third-order valence-corrected chi connectivity index (χ3v) is 3.18. The van der Waals surface area contributed by atoms with E-state index < -0.39 is 0 Å². The summed E-state index contributed by atoms with van der Waals surface area (Å²) in [5.41, 5.74) is 2.10. The molecule has 0 bridgehead atoms. The van der Waals surface area contributed by atoms with Gasteiger partial charge in [0, 0.05) is 23.1 Å². The van der Waals surface area contributed by atoms with Crippen molar-refractivity contribution >= 4 is 18.2 Å². The molecule has 0 N–H and O–H groups in total. The molecule has 0 atom stereocenters. The Morgan fingerprint density at radius 3 is 2.47 bits per heavy atom. The maximum Gasteiger partial charge on any atom is 0.123 e. The molecule has 0 aromatic heterocycles. The molecular formula is C14H12FNS. The van der Waals surface area contributed by atoms with Crippen molar-refractivity contribution in [2.24, 2.45) is 4.40 Å². The van der Waals surface area contributed by atoms with Gasteiger partial charge in [-0.05, 0) is 36.2 Å². The SMILES string of the molecule is Cc1ccccc1SN=Cc1ccc(F)cc1. The Morgan fingerprint density at radius 2 is 1.76 bits per heavy atom. The lowest BCUT2D eigenvalue weighted by atomic mass is 10.2. The first-order valence-corrected chi connectivity index (χ1v) is 6.04. The zero-order valence-corrected chi connectivity index (χ0v) is 10.2. The monoisotopic (exact) mass is 245 g/mol. The third-order valence-electron chi connectivity index (χ3n) is 2.32. The predicted molar refractivity (Wildman–Crippen MR) is 71.0 cm³/mol. The van der Waals surface area contributed by atoms with Crippen molar-refractivity contribution in [3.63, 3.8) is 0 Å². The van der Waals surface area contributed by atoms with Crippen LogP contribution < -0.4 is 0 Å². The first kappa shape index (κ1) is 11.9. The van der Waals surface area contributed by atoms with Gasteiger partial charge in [0.2, 0.25) is 0 Å². The van der Waals surface area contributed by atoms with Crippen LogP contribution in [0.4, 0.5) is 4.39 Å². The average molecular weight is 245 g/mol. The lowest BCUT2D eigenvalue weighted by Crippen LogP contribution is -1.81. The second-order valence-corrected chi connectivity index (χ2v) is 4.48. The summed E-state index contributed by atoms with van der Waals surface area (Å²) in [6.07, 6.45) is 1.73. The number of hydrogen-bond acceptors (Lipinski definition) is 2. The van der Waals surface area contributed by atoms with Crippen LogP contribution in [-0.4, -0.2) is 6.21 Å². The van der Waals surface area contributed by atoms with Gasteiger partial charge in [-0.1, -0.05) is 30.3 Å². The zero-order chi connectivity index (χ0) is 12.1. The Morgan fingerprint density at radius 1 is 1.06 bits per heavy atom. The third kappa shape index (κ3) is 3.43. The minimum absolute atomic E-state index is 0.228. The Balaban J connectivity index is 2.03. The van der Waals surface area contributed by atoms with Crippen LogP contribution in [-0.2, 0) is 0 Å². The number of nitrogens with zero attached hydrogens (tertiary/aromatic N) is 1. The van der Waals surface area contributed by atoms with Gasteiger partial charge in [0.1, 0.15) is 5.82 Å². The molecule has 2 aromatic rings. The number of aryl methyl sites for hydroxylation is 1. The highest BCUT2D eigenvalue weighted by molar-refractivity contribution is 7.98. The molecule has 86 valence electrons. The molecule has 0 amide bonds. The molecule has 1 nitrogen and oxygen atoms in total. The molecule has 0 fully saturated rings. The maximum atomic E-state index is 12.7. The normalized spacial score (nSPS) is 10.9. The first-order valence-electron chi connectivity index (χ1n) is 5.27. The molecule has 0 radical (unpaired) electrons. The van der Waals surface area contributed by atoms with Gasteiger partial charge in [-0.2, -0.15) is 0 Å². The summed E-state index contributed by atoms with van der Waals surface area (Å²) in [7, 11) is 0. The van der Waals surface area contributed by atoms with E-state index >= 15 is 0 Å². The van der Waals surface area contributed by atoms with Gasteiger partial charge in [-0.15, -0.1) is 0 Å². The second kappa shape index (κ2) is 5.64. The Kier molecular flexibility index (Phi) is 3.94. The van der Waals surface area contributed by atoms with Gasteiger partial charge in [0.25, 0.3) is 0 Å². The van der Waals surface area contributed by atoms with E-state index in [-0.39, 0.29) is 5.82 Å². The van der Waals surface area contributed by atoms with E-state index in [1.54, 1.807) is 18.3 Å². The standard InChI is InChI=1S/C14H12FNS/c1-11-4-2-3-5-14(11)17-16-10-12-6-8-13(15)9-7-12/h2-10H,1H3. The number of halogens is 1. The summed E-state index contributed by atoms with van der Waals surface area (Å²) >= 11 is 1.42. The van der Waals surface area contributed by atoms with Crippen LogP contribution in [0.2, 0.25) is 0 Å². The molecule has 0 saturated heterocycles. The topological polar surface area (TPSA) is 12.4 Å². The molecule has 0 aliphatic carbocycles. The summed E-state index contributed by atoms with van der Waals surface area (Å²) in [5, 5.41) is 0. The number of rotatable bonds is 3. The second-order valence-electron chi connectivity index (χ2n) is 3.64. The molecule has 0 aliphatic heterocycles. The fourth-order valence-corrected chi connectivity index (χ4v) is 1.99. The largest absolute Gasteiger partial charge is 0.219 e. The Bertz CT molecular complexity index is 520. The van der Waals surface area contributed by atoms with E-state index in [2.05, 4.69) is 17.4 Å². The lowest BCUT2D eigenvalue weighted by molar-refractivity contribution is 0.628. The Hall–Kier alpha value is -1.61. The fraction of sp³-hybridized carbons (Fsp3) is 0.0714. The summed E-state index contributed by atoms with van der Waals surface area (Å²) in [6.45, 7) is 2.05. The minimum Gasteiger partial charge on any atom is -0.219 e. The molecule has 17 heavy (non-hydrogen) atoms. The lowest BCUT2D eigenvalue weighted by Gasteiger charge is -1.99. The predicted octanol–water partition coefficient (Wildman–Crippen LogP) is 4.26. The van der Waals surface area contributed by atoms with E-state index in [1.165, 1.54) is 29.6 Å².